The number of hydrogen-bond acceptors (Lipinski definition) is 3. The third-order valence-corrected chi connectivity index (χ3v) is 1.93. The van der Waals surface area contributed by atoms with Crippen LogP contribution in [0.3, 0.4) is 0 Å². The molecule has 0 radical (unpaired) electrons. The van der Waals surface area contributed by atoms with E-state index in [1.54, 1.807) is 0 Å². The van der Waals surface area contributed by atoms with Crippen LogP contribution in [-0.2, 0) is 17.9 Å². The second-order valence-corrected chi connectivity index (χ2v) is 3.42. The quantitative estimate of drug-likeness (QED) is 0.647. The van der Waals surface area contributed by atoms with E-state index in [1.807, 2.05) is 19.0 Å². The van der Waals surface area contributed by atoms with Crippen LogP contribution in [0.5, 0.6) is 0 Å². The number of halogens is 1. The van der Waals surface area contributed by atoms with Gasteiger partial charge in [-0.2, -0.15) is 4.21 Å². The van der Waals surface area contributed by atoms with Crippen LogP contribution in [0.25, 0.3) is 0 Å². The Kier molecular flexibility index (Phi) is 2.93. The summed E-state index contributed by atoms with van der Waals surface area (Å²) in [5.74, 6) is 0.459. The minimum Gasteiger partial charge on any atom is -0.302 e. The highest BCUT2D eigenvalue weighted by atomic mass is 32.2. The van der Waals surface area contributed by atoms with Crippen LogP contribution in [0.15, 0.2) is 12.4 Å². The Morgan fingerprint density at radius 2 is 2.42 bits per heavy atom. The average Bonchev–Trinajstić information content (AvgIpc) is 2.33. The summed E-state index contributed by atoms with van der Waals surface area (Å²) in [4.78, 5) is 5.69. The predicted octanol–water partition coefficient (Wildman–Crippen LogP) is 0.341. The van der Waals surface area contributed by atoms with Gasteiger partial charge >= 0.3 is 11.4 Å². The summed E-state index contributed by atoms with van der Waals surface area (Å²) >= 11 is -2.50. The normalized spacial score (nSPS) is 13.7. The average molecular weight is 191 g/mol. The molecule has 0 aromatic carbocycles. The molecule has 6 heteroatoms. The van der Waals surface area contributed by atoms with Gasteiger partial charge in [-0.25, -0.2) is 8.96 Å². The zero-order chi connectivity index (χ0) is 9.14. The lowest BCUT2D eigenvalue weighted by molar-refractivity contribution is 0.389. The highest BCUT2D eigenvalue weighted by molar-refractivity contribution is 7.78. The van der Waals surface area contributed by atoms with Gasteiger partial charge in [-0.15, -0.1) is 3.89 Å². The Labute approximate surface area is 72.9 Å². The molecular weight excluding hydrogens is 181 g/mol. The minimum atomic E-state index is -2.50. The molecule has 1 aromatic rings. The molecule has 1 heterocycles. The molecule has 12 heavy (non-hydrogen) atoms. The van der Waals surface area contributed by atoms with Crippen molar-refractivity contribution in [1.29, 1.82) is 0 Å². The van der Waals surface area contributed by atoms with Gasteiger partial charge in [0, 0.05) is 12.4 Å². The van der Waals surface area contributed by atoms with Crippen molar-refractivity contribution < 1.29 is 8.09 Å². The van der Waals surface area contributed by atoms with E-state index in [9.17, 15) is 8.09 Å². The smallest absolute Gasteiger partial charge is 0.302 e. The standard InChI is InChI=1S/C6H10FN3OS/c1-9(2)5-6-8-3-4-10(6)12(7)11/h3-4H,5H2,1-2H3. The van der Waals surface area contributed by atoms with Crippen molar-refractivity contribution in [2.75, 3.05) is 14.1 Å². The topological polar surface area (TPSA) is 38.1 Å². The molecular formula is C6H10FN3OS. The summed E-state index contributed by atoms with van der Waals surface area (Å²) < 4.78 is 23.8. The van der Waals surface area contributed by atoms with Crippen molar-refractivity contribution in [2.45, 2.75) is 6.54 Å². The summed E-state index contributed by atoms with van der Waals surface area (Å²) in [6, 6.07) is 0. The molecule has 1 atom stereocenters. The predicted molar refractivity (Wildman–Crippen MR) is 44.3 cm³/mol. The van der Waals surface area contributed by atoms with E-state index in [4.69, 9.17) is 0 Å². The Morgan fingerprint density at radius 1 is 1.75 bits per heavy atom. The molecule has 68 valence electrons. The lowest BCUT2D eigenvalue weighted by Gasteiger charge is -2.08. The van der Waals surface area contributed by atoms with Crippen LogP contribution in [0.1, 0.15) is 5.82 Å². The summed E-state index contributed by atoms with van der Waals surface area (Å²) in [6.45, 7) is 0.475. The molecule has 0 aliphatic heterocycles. The Bertz CT molecular complexity index is 286. The van der Waals surface area contributed by atoms with E-state index in [-0.39, 0.29) is 0 Å². The molecule has 0 N–H and O–H groups in total. The zero-order valence-corrected chi connectivity index (χ0v) is 7.71. The maximum atomic E-state index is 12.4. The van der Waals surface area contributed by atoms with Crippen molar-refractivity contribution in [3.05, 3.63) is 18.2 Å². The van der Waals surface area contributed by atoms with Gasteiger partial charge in [-0.3, -0.25) is 0 Å². The number of nitrogens with zero attached hydrogens (tertiary/aromatic N) is 3. The van der Waals surface area contributed by atoms with E-state index < -0.39 is 11.4 Å². The number of rotatable bonds is 3. The van der Waals surface area contributed by atoms with Crippen LogP contribution >= 0.6 is 0 Å². The van der Waals surface area contributed by atoms with Crippen LogP contribution in [-0.4, -0.2) is 32.2 Å². The molecule has 4 nitrogen and oxygen atoms in total. The Balaban J connectivity index is 2.84. The molecule has 0 amide bonds. The van der Waals surface area contributed by atoms with Gasteiger partial charge in [0.15, 0.2) is 0 Å². The molecule has 0 bridgehead atoms. The molecule has 1 aromatic heterocycles. The lowest BCUT2D eigenvalue weighted by Crippen LogP contribution is -2.15. The van der Waals surface area contributed by atoms with Crippen LogP contribution < -0.4 is 0 Å². The van der Waals surface area contributed by atoms with E-state index >= 15 is 0 Å². The maximum Gasteiger partial charge on any atom is 0.309 e. The third kappa shape index (κ3) is 2.12. The zero-order valence-electron chi connectivity index (χ0n) is 6.90. The molecule has 1 unspecified atom stereocenters. The largest absolute Gasteiger partial charge is 0.309 e. The third-order valence-electron chi connectivity index (χ3n) is 1.29. The molecule has 0 fully saturated rings. The molecule has 0 aliphatic rings. The van der Waals surface area contributed by atoms with Crippen LogP contribution in [0.4, 0.5) is 3.89 Å². The van der Waals surface area contributed by atoms with Crippen molar-refractivity contribution in [3.8, 4) is 0 Å². The summed E-state index contributed by atoms with van der Waals surface area (Å²) in [5.41, 5.74) is 0. The summed E-state index contributed by atoms with van der Waals surface area (Å²) in [6.07, 6.45) is 2.78. The van der Waals surface area contributed by atoms with Gasteiger partial charge in [0.2, 0.25) is 0 Å². The van der Waals surface area contributed by atoms with Gasteiger partial charge in [0.05, 0.1) is 6.54 Å². The van der Waals surface area contributed by atoms with Crippen LogP contribution in [0.2, 0.25) is 0 Å². The second-order valence-electron chi connectivity index (χ2n) is 2.61. The Morgan fingerprint density at radius 3 is 2.92 bits per heavy atom. The highest BCUT2D eigenvalue weighted by Crippen LogP contribution is 2.02. The molecule has 0 spiro atoms. The minimum absolute atomic E-state index is 0.459. The molecule has 1 rings (SSSR count). The van der Waals surface area contributed by atoms with Gasteiger partial charge in [-0.05, 0) is 14.1 Å². The van der Waals surface area contributed by atoms with Gasteiger partial charge in [-0.1, -0.05) is 0 Å². The Hall–Kier alpha value is -0.750. The van der Waals surface area contributed by atoms with Crippen LogP contribution in [0, 0.1) is 0 Å². The van der Waals surface area contributed by atoms with Gasteiger partial charge in [0.1, 0.15) is 5.82 Å². The molecule has 0 aliphatic carbocycles. The maximum absolute atomic E-state index is 12.4. The van der Waals surface area contributed by atoms with E-state index in [1.165, 1.54) is 12.4 Å². The fourth-order valence-electron chi connectivity index (χ4n) is 0.847. The summed E-state index contributed by atoms with van der Waals surface area (Å²) in [5, 5.41) is 0. The van der Waals surface area contributed by atoms with E-state index in [0.717, 1.165) is 3.97 Å². The summed E-state index contributed by atoms with van der Waals surface area (Å²) in [7, 11) is 3.67. The van der Waals surface area contributed by atoms with Gasteiger partial charge in [0.25, 0.3) is 0 Å². The van der Waals surface area contributed by atoms with Gasteiger partial charge < -0.3 is 4.90 Å². The first-order chi connectivity index (χ1) is 5.61. The number of imidazole rings is 1. The first kappa shape index (κ1) is 9.34. The second kappa shape index (κ2) is 3.77. The van der Waals surface area contributed by atoms with E-state index in [0.29, 0.717) is 12.4 Å². The monoisotopic (exact) mass is 191 g/mol. The fourth-order valence-corrected chi connectivity index (χ4v) is 1.27. The first-order valence-corrected chi connectivity index (χ1v) is 4.37. The van der Waals surface area contributed by atoms with Crippen molar-refractivity contribution in [1.82, 2.24) is 13.9 Å². The fraction of sp³-hybridized carbons (Fsp3) is 0.500. The van der Waals surface area contributed by atoms with Crippen molar-refractivity contribution >= 4 is 11.4 Å². The van der Waals surface area contributed by atoms with Crippen molar-refractivity contribution in [2.24, 2.45) is 0 Å². The molecule has 0 saturated heterocycles. The van der Waals surface area contributed by atoms with E-state index in [2.05, 4.69) is 4.98 Å². The molecule has 0 saturated carbocycles. The highest BCUT2D eigenvalue weighted by Gasteiger charge is 2.07. The number of hydrogen-bond donors (Lipinski definition) is 0. The lowest BCUT2D eigenvalue weighted by atomic mass is 10.6. The number of aromatic nitrogens is 2. The first-order valence-electron chi connectivity index (χ1n) is 3.36. The SMILES string of the molecule is CN(C)Cc1nccn1S(=O)F. The van der Waals surface area contributed by atoms with Crippen molar-refractivity contribution in [3.63, 3.8) is 0 Å².